The summed E-state index contributed by atoms with van der Waals surface area (Å²) in [5, 5.41) is 5.56. The van der Waals surface area contributed by atoms with Crippen LogP contribution in [0.5, 0.6) is 0 Å². The summed E-state index contributed by atoms with van der Waals surface area (Å²) in [5.41, 5.74) is 14.8. The largest absolute Gasteiger partial charge is 0.309 e. The van der Waals surface area contributed by atoms with Gasteiger partial charge in [0.15, 0.2) is 0 Å². The normalized spacial score (nSPS) is 16.2. The van der Waals surface area contributed by atoms with E-state index in [4.69, 9.17) is 0 Å². The molecule has 1 aliphatic heterocycles. The van der Waals surface area contributed by atoms with Crippen LogP contribution in [0.15, 0.2) is 152 Å². The fourth-order valence-corrected chi connectivity index (χ4v) is 12.5. The number of anilines is 3. The Labute approximate surface area is 310 Å². The molecule has 1 nitrogen and oxygen atoms in total. The monoisotopic (exact) mass is 689 g/mol. The van der Waals surface area contributed by atoms with Crippen molar-refractivity contribution < 1.29 is 0 Å². The Morgan fingerprint density at radius 1 is 0.481 bits per heavy atom. The molecule has 0 bridgehead atoms. The third-order valence-corrected chi connectivity index (χ3v) is 15.9. The van der Waals surface area contributed by atoms with E-state index in [0.717, 1.165) is 5.69 Å². The van der Waals surface area contributed by atoms with Crippen molar-refractivity contribution in [1.29, 1.82) is 0 Å². The number of fused-ring (bicyclic) bond motifs is 5. The van der Waals surface area contributed by atoms with Gasteiger partial charge in [0.25, 0.3) is 0 Å². The molecule has 1 heterocycles. The molecule has 52 heavy (non-hydrogen) atoms. The van der Waals surface area contributed by atoms with Crippen LogP contribution in [0, 0.1) is 0 Å². The molecular formula is C50H47NSi. The van der Waals surface area contributed by atoms with Crippen molar-refractivity contribution in [3.63, 3.8) is 0 Å². The van der Waals surface area contributed by atoms with Crippen molar-refractivity contribution in [2.45, 2.75) is 64.5 Å². The second kappa shape index (κ2) is 11.9. The Kier molecular flexibility index (Phi) is 7.51. The number of para-hydroxylation sites is 1. The van der Waals surface area contributed by atoms with Crippen molar-refractivity contribution in [2.24, 2.45) is 0 Å². The summed E-state index contributed by atoms with van der Waals surface area (Å²) in [7, 11) is -1.89. The van der Waals surface area contributed by atoms with Crippen LogP contribution in [0.3, 0.4) is 0 Å². The number of rotatable bonds is 5. The lowest BCUT2D eigenvalue weighted by atomic mass is 9.61. The fourth-order valence-electron chi connectivity index (χ4n) is 9.45. The molecule has 7 aromatic rings. The molecule has 0 amide bonds. The van der Waals surface area contributed by atoms with Gasteiger partial charge in [-0.15, -0.1) is 0 Å². The van der Waals surface area contributed by atoms with Crippen molar-refractivity contribution in [3.8, 4) is 33.4 Å². The average molecular weight is 690 g/mol. The smallest absolute Gasteiger partial charge is 0.113 e. The maximum absolute atomic E-state index is 2.54. The Bertz CT molecular complexity index is 2500. The van der Waals surface area contributed by atoms with E-state index in [1.807, 2.05) is 0 Å². The average Bonchev–Trinajstić information content (AvgIpc) is 3.40. The number of hydrogen-bond acceptors (Lipinski definition) is 1. The second-order valence-corrected chi connectivity index (χ2v) is 21.1. The standard InChI is InChI=1S/C50H47NSi/c1-49(2)32-33-50(3,4)48-38(21-14-23-42(48)49)35-28-30-36(31-29-35)51(44-25-15-27-46-47(44)41-20-10-12-26-45(41)52(46,5)6)43-24-11-9-19-40(43)39-22-13-17-34-16-7-8-18-37(34)39/h7-31H,32-33H2,1-6H3. The fraction of sp³-hybridized carbons (Fsp3) is 0.200. The molecule has 0 fully saturated rings. The van der Waals surface area contributed by atoms with Crippen molar-refractivity contribution in [1.82, 2.24) is 0 Å². The van der Waals surface area contributed by atoms with Gasteiger partial charge in [-0.25, -0.2) is 0 Å². The van der Waals surface area contributed by atoms with Gasteiger partial charge in [0, 0.05) is 16.8 Å². The lowest BCUT2D eigenvalue weighted by molar-refractivity contribution is 0.333. The van der Waals surface area contributed by atoms with Gasteiger partial charge in [-0.05, 0) is 102 Å². The molecule has 2 aliphatic rings. The molecule has 0 atom stereocenters. The minimum absolute atomic E-state index is 0.123. The lowest BCUT2D eigenvalue weighted by Gasteiger charge is -2.43. The topological polar surface area (TPSA) is 3.24 Å². The molecular weight excluding hydrogens is 643 g/mol. The van der Waals surface area contributed by atoms with Gasteiger partial charge >= 0.3 is 0 Å². The SMILES string of the molecule is CC1(C)CCC(C)(C)c2c(-c3ccc(N(c4ccccc4-c4cccc5ccccc45)c4cccc5c4-c4ccccc4[Si]5(C)C)cc3)cccc21. The van der Waals surface area contributed by atoms with E-state index >= 15 is 0 Å². The van der Waals surface area contributed by atoms with Gasteiger partial charge in [-0.3, -0.25) is 0 Å². The van der Waals surface area contributed by atoms with Crippen molar-refractivity contribution >= 4 is 46.3 Å². The first-order valence-electron chi connectivity index (χ1n) is 18.9. The molecule has 1 aliphatic carbocycles. The highest BCUT2D eigenvalue weighted by molar-refractivity contribution is 7.04. The molecule has 0 radical (unpaired) electrons. The zero-order valence-corrected chi connectivity index (χ0v) is 32.3. The lowest BCUT2D eigenvalue weighted by Crippen LogP contribution is -2.49. The predicted molar refractivity (Wildman–Crippen MR) is 227 cm³/mol. The number of benzene rings is 7. The van der Waals surface area contributed by atoms with E-state index in [1.54, 1.807) is 0 Å². The zero-order chi connectivity index (χ0) is 35.8. The van der Waals surface area contributed by atoms with Gasteiger partial charge in [0.05, 0.1) is 11.4 Å². The molecule has 9 rings (SSSR count). The van der Waals surface area contributed by atoms with E-state index in [2.05, 4.69) is 197 Å². The molecule has 0 spiro atoms. The first kappa shape index (κ1) is 32.7. The van der Waals surface area contributed by atoms with Crippen LogP contribution in [-0.2, 0) is 10.8 Å². The molecule has 0 aromatic heterocycles. The van der Waals surface area contributed by atoms with Crippen LogP contribution >= 0.6 is 0 Å². The number of hydrogen-bond donors (Lipinski definition) is 0. The van der Waals surface area contributed by atoms with Crippen LogP contribution in [0.2, 0.25) is 13.1 Å². The second-order valence-electron chi connectivity index (χ2n) is 16.8. The van der Waals surface area contributed by atoms with Crippen LogP contribution in [0.4, 0.5) is 17.1 Å². The quantitative estimate of drug-likeness (QED) is 0.163. The summed E-state index contributed by atoms with van der Waals surface area (Å²) >= 11 is 0. The molecule has 0 N–H and O–H groups in total. The zero-order valence-electron chi connectivity index (χ0n) is 31.3. The molecule has 0 saturated heterocycles. The van der Waals surface area contributed by atoms with E-state index in [-0.39, 0.29) is 10.8 Å². The third kappa shape index (κ3) is 5.03. The highest BCUT2D eigenvalue weighted by Crippen LogP contribution is 2.51. The van der Waals surface area contributed by atoms with E-state index < -0.39 is 8.07 Å². The summed E-state index contributed by atoms with van der Waals surface area (Å²) in [5.74, 6) is 0. The van der Waals surface area contributed by atoms with Crippen molar-refractivity contribution in [3.05, 3.63) is 163 Å². The van der Waals surface area contributed by atoms with Gasteiger partial charge in [-0.2, -0.15) is 0 Å². The highest BCUT2D eigenvalue weighted by Gasteiger charge is 2.40. The Hall–Kier alpha value is -5.18. The van der Waals surface area contributed by atoms with Gasteiger partial charge in [0.2, 0.25) is 0 Å². The van der Waals surface area contributed by atoms with Crippen LogP contribution < -0.4 is 15.3 Å². The molecule has 2 heteroatoms. The van der Waals surface area contributed by atoms with Crippen LogP contribution in [-0.4, -0.2) is 8.07 Å². The Morgan fingerprint density at radius 3 is 1.88 bits per heavy atom. The first-order chi connectivity index (χ1) is 25.1. The third-order valence-electron chi connectivity index (χ3n) is 12.3. The summed E-state index contributed by atoms with van der Waals surface area (Å²) in [6.45, 7) is 14.7. The Balaban J connectivity index is 1.28. The van der Waals surface area contributed by atoms with Crippen LogP contribution in [0.1, 0.15) is 51.7 Å². The van der Waals surface area contributed by atoms with Gasteiger partial charge in [-0.1, -0.05) is 168 Å². The van der Waals surface area contributed by atoms with Gasteiger partial charge < -0.3 is 4.90 Å². The van der Waals surface area contributed by atoms with E-state index in [1.165, 1.54) is 89.9 Å². The summed E-state index contributed by atoms with van der Waals surface area (Å²) in [6, 6.07) is 57.1. The Morgan fingerprint density at radius 2 is 1.06 bits per heavy atom. The molecule has 256 valence electrons. The summed E-state index contributed by atoms with van der Waals surface area (Å²) < 4.78 is 0. The maximum atomic E-state index is 2.54. The minimum atomic E-state index is -1.89. The summed E-state index contributed by atoms with van der Waals surface area (Å²) in [4.78, 5) is 2.54. The first-order valence-corrected chi connectivity index (χ1v) is 21.9. The van der Waals surface area contributed by atoms with Gasteiger partial charge in [0.1, 0.15) is 8.07 Å². The summed E-state index contributed by atoms with van der Waals surface area (Å²) in [6.07, 6.45) is 2.41. The molecule has 0 unspecified atom stereocenters. The van der Waals surface area contributed by atoms with Crippen molar-refractivity contribution in [2.75, 3.05) is 4.90 Å². The number of nitrogens with zero attached hydrogens (tertiary/aromatic N) is 1. The van der Waals surface area contributed by atoms with Crippen LogP contribution in [0.25, 0.3) is 44.2 Å². The highest BCUT2D eigenvalue weighted by atomic mass is 28.3. The van der Waals surface area contributed by atoms with E-state index in [0.29, 0.717) is 0 Å². The molecule has 0 saturated carbocycles. The molecule has 7 aromatic carbocycles. The predicted octanol–water partition coefficient (Wildman–Crippen LogP) is 12.8. The van der Waals surface area contributed by atoms with E-state index in [9.17, 15) is 0 Å². The minimum Gasteiger partial charge on any atom is -0.309 e. The maximum Gasteiger partial charge on any atom is 0.113 e.